The number of nitrogens with zero attached hydrogens (tertiary/aromatic N) is 3. The first-order valence-electron chi connectivity index (χ1n) is 8.79. The monoisotopic (exact) mass is 353 g/mol. The summed E-state index contributed by atoms with van der Waals surface area (Å²) in [5, 5.41) is 7.82. The fourth-order valence-corrected chi connectivity index (χ4v) is 2.93. The van der Waals surface area contributed by atoms with Crippen molar-refractivity contribution in [3.05, 3.63) is 58.6 Å². The molecule has 136 valence electrons. The predicted molar refractivity (Wildman–Crippen MR) is 103 cm³/mol. The zero-order chi connectivity index (χ0) is 18.5. The number of rotatable bonds is 7. The van der Waals surface area contributed by atoms with Crippen LogP contribution in [0.5, 0.6) is 0 Å². The van der Waals surface area contributed by atoms with Gasteiger partial charge in [0.2, 0.25) is 5.56 Å². The van der Waals surface area contributed by atoms with Gasteiger partial charge in [-0.15, -0.1) is 0 Å². The molecule has 7 heteroatoms. The molecule has 0 aliphatic carbocycles. The molecule has 1 aromatic carbocycles. The van der Waals surface area contributed by atoms with Crippen LogP contribution in [0.3, 0.4) is 0 Å². The van der Waals surface area contributed by atoms with Crippen molar-refractivity contribution >= 4 is 22.5 Å². The van der Waals surface area contributed by atoms with Crippen molar-refractivity contribution in [1.29, 1.82) is 0 Å². The number of H-pyrrole nitrogens is 1. The molecular formula is C19H23N5O2. The molecule has 2 N–H and O–H groups in total. The first-order valence-corrected chi connectivity index (χ1v) is 8.79. The molecule has 1 amide bonds. The number of fused-ring (bicyclic) bond motifs is 1. The van der Waals surface area contributed by atoms with E-state index in [4.69, 9.17) is 0 Å². The van der Waals surface area contributed by atoms with Crippen molar-refractivity contribution < 1.29 is 4.79 Å². The molecule has 0 aliphatic rings. The fraction of sp³-hybridized carbons (Fsp3) is 0.316. The van der Waals surface area contributed by atoms with Gasteiger partial charge in [-0.3, -0.25) is 14.3 Å². The zero-order valence-electron chi connectivity index (χ0n) is 15.0. The third kappa shape index (κ3) is 4.00. The standard InChI is InChI=1S/C19H23N5O2/c1-3-23(4-2)9-10-24-13-14(12-20-24)21-19(26)16-11-18(25)22-17-8-6-5-7-15(16)17/h5-8,11-13H,3-4,9-10H2,1-2H3,(H,21,26)(H,22,25). The van der Waals surface area contributed by atoms with Crippen LogP contribution in [0.15, 0.2) is 47.5 Å². The Morgan fingerprint density at radius 2 is 2.04 bits per heavy atom. The summed E-state index contributed by atoms with van der Waals surface area (Å²) in [6.45, 7) is 7.91. The Morgan fingerprint density at radius 1 is 1.27 bits per heavy atom. The molecule has 3 aromatic rings. The van der Waals surface area contributed by atoms with Gasteiger partial charge in [0, 0.05) is 29.7 Å². The molecule has 2 aromatic heterocycles. The molecule has 0 unspecified atom stereocenters. The molecule has 2 heterocycles. The SMILES string of the molecule is CCN(CC)CCn1cc(NC(=O)c2cc(=O)[nH]c3ccccc23)cn1. The zero-order valence-corrected chi connectivity index (χ0v) is 15.0. The van der Waals surface area contributed by atoms with Crippen molar-refractivity contribution in [3.8, 4) is 0 Å². The Kier molecular flexibility index (Phi) is 5.48. The number of likely N-dealkylation sites (N-methyl/N-ethyl adjacent to an activating group) is 1. The van der Waals surface area contributed by atoms with Crippen LogP contribution in [0.2, 0.25) is 0 Å². The van der Waals surface area contributed by atoms with E-state index in [9.17, 15) is 9.59 Å². The minimum atomic E-state index is -0.324. The molecule has 0 saturated carbocycles. The summed E-state index contributed by atoms with van der Waals surface area (Å²) in [6, 6.07) is 8.57. The van der Waals surface area contributed by atoms with Gasteiger partial charge in [-0.1, -0.05) is 32.0 Å². The Labute approximate surface area is 151 Å². The average Bonchev–Trinajstić information content (AvgIpc) is 3.09. The van der Waals surface area contributed by atoms with E-state index in [1.165, 1.54) is 6.07 Å². The van der Waals surface area contributed by atoms with Crippen LogP contribution in [0.1, 0.15) is 24.2 Å². The third-order valence-corrected chi connectivity index (χ3v) is 4.43. The number of hydrogen-bond donors (Lipinski definition) is 2. The molecule has 0 bridgehead atoms. The molecule has 0 aliphatic heterocycles. The van der Waals surface area contributed by atoms with Gasteiger partial charge in [-0.05, 0) is 19.2 Å². The maximum absolute atomic E-state index is 12.6. The number of hydrogen-bond acceptors (Lipinski definition) is 4. The van der Waals surface area contributed by atoms with Crippen LogP contribution in [0.25, 0.3) is 10.9 Å². The highest BCUT2D eigenvalue weighted by Crippen LogP contribution is 2.16. The lowest BCUT2D eigenvalue weighted by Gasteiger charge is -2.17. The van der Waals surface area contributed by atoms with Crippen molar-refractivity contribution in [2.45, 2.75) is 20.4 Å². The van der Waals surface area contributed by atoms with Crippen molar-refractivity contribution in [2.24, 2.45) is 0 Å². The van der Waals surface area contributed by atoms with Gasteiger partial charge < -0.3 is 15.2 Å². The molecule has 0 spiro atoms. The van der Waals surface area contributed by atoms with Gasteiger partial charge in [0.15, 0.2) is 0 Å². The second kappa shape index (κ2) is 7.97. The lowest BCUT2D eigenvalue weighted by Crippen LogP contribution is -2.27. The Morgan fingerprint density at radius 3 is 2.81 bits per heavy atom. The molecule has 0 atom stereocenters. The van der Waals surface area contributed by atoms with E-state index in [0.717, 1.165) is 26.2 Å². The van der Waals surface area contributed by atoms with Gasteiger partial charge in [-0.2, -0.15) is 5.10 Å². The van der Waals surface area contributed by atoms with Gasteiger partial charge in [0.25, 0.3) is 5.91 Å². The lowest BCUT2D eigenvalue weighted by molar-refractivity contribution is 0.102. The topological polar surface area (TPSA) is 83.0 Å². The molecule has 0 radical (unpaired) electrons. The normalized spacial score (nSPS) is 11.2. The van der Waals surface area contributed by atoms with Crippen LogP contribution >= 0.6 is 0 Å². The highest BCUT2D eigenvalue weighted by Gasteiger charge is 2.13. The van der Waals surface area contributed by atoms with Crippen LogP contribution < -0.4 is 10.9 Å². The third-order valence-electron chi connectivity index (χ3n) is 4.43. The number of benzene rings is 1. The Bertz CT molecular complexity index is 956. The van der Waals surface area contributed by atoms with Crippen molar-refractivity contribution in [2.75, 3.05) is 25.0 Å². The number of carbonyl (C=O) groups excluding carboxylic acids is 1. The van der Waals surface area contributed by atoms with E-state index in [2.05, 4.69) is 34.1 Å². The van der Waals surface area contributed by atoms with E-state index >= 15 is 0 Å². The summed E-state index contributed by atoms with van der Waals surface area (Å²) in [7, 11) is 0. The number of anilines is 1. The van der Waals surface area contributed by atoms with Crippen LogP contribution in [-0.4, -0.2) is 45.2 Å². The van der Waals surface area contributed by atoms with E-state index in [-0.39, 0.29) is 11.5 Å². The molecular weight excluding hydrogens is 330 g/mol. The van der Waals surface area contributed by atoms with E-state index in [1.54, 1.807) is 18.5 Å². The number of aromatic amines is 1. The summed E-state index contributed by atoms with van der Waals surface area (Å²) < 4.78 is 1.81. The lowest BCUT2D eigenvalue weighted by atomic mass is 10.1. The highest BCUT2D eigenvalue weighted by molar-refractivity contribution is 6.12. The molecule has 26 heavy (non-hydrogen) atoms. The van der Waals surface area contributed by atoms with E-state index in [1.807, 2.05) is 22.9 Å². The number of pyridine rings is 1. The number of carbonyl (C=O) groups is 1. The fourth-order valence-electron chi connectivity index (χ4n) is 2.93. The largest absolute Gasteiger partial charge is 0.322 e. The molecule has 7 nitrogen and oxygen atoms in total. The van der Waals surface area contributed by atoms with Gasteiger partial charge in [0.1, 0.15) is 0 Å². The van der Waals surface area contributed by atoms with Gasteiger partial charge >= 0.3 is 0 Å². The molecule has 0 saturated heterocycles. The van der Waals surface area contributed by atoms with Gasteiger partial charge in [-0.25, -0.2) is 0 Å². The summed E-state index contributed by atoms with van der Waals surface area (Å²) in [6.07, 6.45) is 3.42. The predicted octanol–water partition coefficient (Wildman–Crippen LogP) is 2.32. The first kappa shape index (κ1) is 17.9. The maximum atomic E-state index is 12.6. The average molecular weight is 353 g/mol. The minimum Gasteiger partial charge on any atom is -0.322 e. The number of para-hydroxylation sites is 1. The van der Waals surface area contributed by atoms with Crippen LogP contribution in [-0.2, 0) is 6.54 Å². The second-order valence-corrected chi connectivity index (χ2v) is 6.07. The molecule has 3 rings (SSSR count). The number of aromatic nitrogens is 3. The highest BCUT2D eigenvalue weighted by atomic mass is 16.2. The quantitative estimate of drug-likeness (QED) is 0.683. The van der Waals surface area contributed by atoms with E-state index in [0.29, 0.717) is 22.2 Å². The van der Waals surface area contributed by atoms with Gasteiger partial charge in [0.05, 0.1) is 24.0 Å². The first-order chi connectivity index (χ1) is 12.6. The molecule has 0 fully saturated rings. The summed E-state index contributed by atoms with van der Waals surface area (Å²) >= 11 is 0. The Hall–Kier alpha value is -2.93. The van der Waals surface area contributed by atoms with Crippen molar-refractivity contribution in [1.82, 2.24) is 19.7 Å². The van der Waals surface area contributed by atoms with Crippen LogP contribution in [0, 0.1) is 0 Å². The van der Waals surface area contributed by atoms with Crippen molar-refractivity contribution in [3.63, 3.8) is 0 Å². The summed E-state index contributed by atoms with van der Waals surface area (Å²) in [5.74, 6) is -0.324. The number of nitrogens with one attached hydrogen (secondary N) is 2. The van der Waals surface area contributed by atoms with E-state index < -0.39 is 0 Å². The number of amides is 1. The Balaban J connectivity index is 1.74. The second-order valence-electron chi connectivity index (χ2n) is 6.07. The summed E-state index contributed by atoms with van der Waals surface area (Å²) in [4.78, 5) is 29.5. The maximum Gasteiger partial charge on any atom is 0.256 e. The van der Waals surface area contributed by atoms with Crippen LogP contribution in [0.4, 0.5) is 5.69 Å². The summed E-state index contributed by atoms with van der Waals surface area (Å²) in [5.41, 5.74) is 1.29. The minimum absolute atomic E-state index is 0.302. The smallest absolute Gasteiger partial charge is 0.256 e.